The number of benzene rings is 1. The molecular weight excluding hydrogens is 262 g/mol. The summed E-state index contributed by atoms with van der Waals surface area (Å²) in [5.41, 5.74) is 1.55. The first-order valence-electron chi connectivity index (χ1n) is 6.40. The van der Waals surface area contributed by atoms with E-state index in [4.69, 9.17) is 4.74 Å². The summed E-state index contributed by atoms with van der Waals surface area (Å²) in [6.07, 6.45) is -0.429. The number of aryl methyl sites for hydroxylation is 2. The Morgan fingerprint density at radius 2 is 1.89 bits per heavy atom. The molecular formula is C14H21NO3S. The van der Waals surface area contributed by atoms with Crippen LogP contribution in [0.2, 0.25) is 0 Å². The van der Waals surface area contributed by atoms with E-state index in [0.29, 0.717) is 11.5 Å². The third-order valence-electron chi connectivity index (χ3n) is 3.64. The standard InChI is InChI=1S/C14H21NO3S/c1-10-6-7-13(8-11(10)2)19(16,17)15-12(3)18-9-14(15,4)5/h6-8,12H,9H2,1-5H3. The second-order valence-corrected chi connectivity index (χ2v) is 7.58. The molecule has 4 nitrogen and oxygen atoms in total. The van der Waals surface area contributed by atoms with E-state index in [1.807, 2.05) is 33.8 Å². The lowest BCUT2D eigenvalue weighted by Crippen LogP contribution is -2.47. The maximum absolute atomic E-state index is 12.8. The van der Waals surface area contributed by atoms with Gasteiger partial charge in [-0.25, -0.2) is 8.42 Å². The first-order chi connectivity index (χ1) is 8.66. The van der Waals surface area contributed by atoms with Gasteiger partial charge in [0, 0.05) is 0 Å². The number of hydrogen-bond donors (Lipinski definition) is 0. The molecule has 0 N–H and O–H groups in total. The van der Waals surface area contributed by atoms with E-state index in [-0.39, 0.29) is 0 Å². The first kappa shape index (κ1) is 14.5. The van der Waals surface area contributed by atoms with Crippen molar-refractivity contribution in [2.45, 2.75) is 51.3 Å². The van der Waals surface area contributed by atoms with E-state index >= 15 is 0 Å². The molecule has 1 fully saturated rings. The number of sulfonamides is 1. The lowest BCUT2D eigenvalue weighted by Gasteiger charge is -2.31. The molecule has 2 rings (SSSR count). The van der Waals surface area contributed by atoms with E-state index in [1.165, 1.54) is 4.31 Å². The lowest BCUT2D eigenvalue weighted by molar-refractivity contribution is 0.0843. The van der Waals surface area contributed by atoms with Crippen molar-refractivity contribution in [2.24, 2.45) is 0 Å². The number of rotatable bonds is 2. The topological polar surface area (TPSA) is 46.6 Å². The van der Waals surface area contributed by atoms with Crippen LogP contribution in [0.5, 0.6) is 0 Å². The largest absolute Gasteiger partial charge is 0.360 e. The molecule has 0 aromatic heterocycles. The van der Waals surface area contributed by atoms with Gasteiger partial charge < -0.3 is 4.74 Å². The SMILES string of the molecule is Cc1ccc(S(=O)(=O)N2C(C)OCC2(C)C)cc1C. The predicted molar refractivity (Wildman–Crippen MR) is 74.4 cm³/mol. The summed E-state index contributed by atoms with van der Waals surface area (Å²) in [4.78, 5) is 0.334. The Morgan fingerprint density at radius 1 is 1.26 bits per heavy atom. The van der Waals surface area contributed by atoms with Crippen LogP contribution in [0.4, 0.5) is 0 Å². The quantitative estimate of drug-likeness (QED) is 0.837. The first-order valence-corrected chi connectivity index (χ1v) is 7.84. The van der Waals surface area contributed by atoms with Crippen molar-refractivity contribution in [2.75, 3.05) is 6.61 Å². The number of nitrogens with zero attached hydrogens (tertiary/aromatic N) is 1. The Labute approximate surface area is 115 Å². The Bertz CT molecular complexity index is 593. The second kappa shape index (κ2) is 4.58. The van der Waals surface area contributed by atoms with E-state index in [9.17, 15) is 8.42 Å². The van der Waals surface area contributed by atoms with Gasteiger partial charge in [0.05, 0.1) is 17.0 Å². The van der Waals surface area contributed by atoms with Crippen molar-refractivity contribution >= 4 is 10.0 Å². The third kappa shape index (κ3) is 2.42. The highest BCUT2D eigenvalue weighted by Crippen LogP contribution is 2.33. The zero-order valence-electron chi connectivity index (χ0n) is 12.1. The molecule has 1 aliphatic rings. The van der Waals surface area contributed by atoms with E-state index in [2.05, 4.69) is 0 Å². The van der Waals surface area contributed by atoms with Gasteiger partial charge in [0.25, 0.3) is 0 Å². The van der Waals surface area contributed by atoms with Gasteiger partial charge in [-0.2, -0.15) is 4.31 Å². The molecule has 19 heavy (non-hydrogen) atoms. The summed E-state index contributed by atoms with van der Waals surface area (Å²) >= 11 is 0. The summed E-state index contributed by atoms with van der Waals surface area (Å²) in [6.45, 7) is 9.84. The highest BCUT2D eigenvalue weighted by Gasteiger charge is 2.46. The van der Waals surface area contributed by atoms with E-state index in [0.717, 1.165) is 11.1 Å². The zero-order chi connectivity index (χ0) is 14.4. The van der Waals surface area contributed by atoms with E-state index < -0.39 is 21.8 Å². The molecule has 0 radical (unpaired) electrons. The molecule has 0 aliphatic carbocycles. The van der Waals surface area contributed by atoms with Crippen LogP contribution >= 0.6 is 0 Å². The lowest BCUT2D eigenvalue weighted by atomic mass is 10.1. The van der Waals surface area contributed by atoms with Gasteiger partial charge in [-0.1, -0.05) is 6.07 Å². The molecule has 0 amide bonds. The fourth-order valence-electron chi connectivity index (χ4n) is 2.46. The average molecular weight is 283 g/mol. The average Bonchev–Trinajstić information content (AvgIpc) is 2.57. The Kier molecular flexibility index (Phi) is 3.49. The Morgan fingerprint density at radius 3 is 2.37 bits per heavy atom. The van der Waals surface area contributed by atoms with Crippen molar-refractivity contribution < 1.29 is 13.2 Å². The Balaban J connectivity index is 2.50. The summed E-state index contributed by atoms with van der Waals surface area (Å²) in [5.74, 6) is 0. The molecule has 1 aromatic carbocycles. The van der Waals surface area contributed by atoms with Crippen LogP contribution in [-0.2, 0) is 14.8 Å². The summed E-state index contributed by atoms with van der Waals surface area (Å²) in [5, 5.41) is 0. The minimum Gasteiger partial charge on any atom is -0.360 e. The molecule has 1 aliphatic heterocycles. The van der Waals surface area contributed by atoms with Gasteiger partial charge in [0.1, 0.15) is 6.23 Å². The molecule has 0 spiro atoms. The molecule has 0 saturated carbocycles. The monoisotopic (exact) mass is 283 g/mol. The predicted octanol–water partition coefficient (Wildman–Crippen LogP) is 2.45. The minimum atomic E-state index is -3.53. The van der Waals surface area contributed by atoms with Gasteiger partial charge in [-0.15, -0.1) is 0 Å². The highest BCUT2D eigenvalue weighted by molar-refractivity contribution is 7.89. The van der Waals surface area contributed by atoms with Crippen molar-refractivity contribution in [3.63, 3.8) is 0 Å². The molecule has 1 unspecified atom stereocenters. The van der Waals surface area contributed by atoms with Gasteiger partial charge in [-0.05, 0) is 57.9 Å². The maximum atomic E-state index is 12.8. The second-order valence-electron chi connectivity index (χ2n) is 5.77. The fourth-order valence-corrected chi connectivity index (χ4v) is 4.40. The number of ether oxygens (including phenoxy) is 1. The van der Waals surface area contributed by atoms with Crippen LogP contribution in [0, 0.1) is 13.8 Å². The van der Waals surface area contributed by atoms with Crippen molar-refractivity contribution in [3.8, 4) is 0 Å². The van der Waals surface area contributed by atoms with Gasteiger partial charge >= 0.3 is 0 Å². The van der Waals surface area contributed by atoms with Gasteiger partial charge in [0.2, 0.25) is 10.0 Å². The number of hydrogen-bond acceptors (Lipinski definition) is 3. The van der Waals surface area contributed by atoms with Crippen LogP contribution in [0.1, 0.15) is 31.9 Å². The highest BCUT2D eigenvalue weighted by atomic mass is 32.2. The van der Waals surface area contributed by atoms with Crippen molar-refractivity contribution in [1.29, 1.82) is 0 Å². The van der Waals surface area contributed by atoms with Crippen LogP contribution in [0.3, 0.4) is 0 Å². The maximum Gasteiger partial charge on any atom is 0.245 e. The smallest absolute Gasteiger partial charge is 0.245 e. The Hall–Kier alpha value is -0.910. The van der Waals surface area contributed by atoms with Crippen molar-refractivity contribution in [1.82, 2.24) is 4.31 Å². The van der Waals surface area contributed by atoms with Crippen LogP contribution in [-0.4, -0.2) is 31.1 Å². The van der Waals surface area contributed by atoms with Crippen LogP contribution in [0.25, 0.3) is 0 Å². The molecule has 1 aromatic rings. The molecule has 1 saturated heterocycles. The van der Waals surface area contributed by atoms with Gasteiger partial charge in [-0.3, -0.25) is 0 Å². The van der Waals surface area contributed by atoms with E-state index in [1.54, 1.807) is 19.1 Å². The zero-order valence-corrected chi connectivity index (χ0v) is 12.9. The molecule has 1 heterocycles. The minimum absolute atomic E-state index is 0.334. The summed E-state index contributed by atoms with van der Waals surface area (Å²) in [7, 11) is -3.53. The normalized spacial score (nSPS) is 23.7. The van der Waals surface area contributed by atoms with Crippen LogP contribution < -0.4 is 0 Å². The summed E-state index contributed by atoms with van der Waals surface area (Å²) < 4.78 is 32.5. The molecule has 0 bridgehead atoms. The van der Waals surface area contributed by atoms with Crippen molar-refractivity contribution in [3.05, 3.63) is 29.3 Å². The molecule has 1 atom stereocenters. The van der Waals surface area contributed by atoms with Crippen LogP contribution in [0.15, 0.2) is 23.1 Å². The van der Waals surface area contributed by atoms with Gasteiger partial charge in [0.15, 0.2) is 0 Å². The molecule has 106 valence electrons. The fraction of sp³-hybridized carbons (Fsp3) is 0.571. The molecule has 5 heteroatoms. The third-order valence-corrected chi connectivity index (χ3v) is 5.80. The summed E-state index contributed by atoms with van der Waals surface area (Å²) in [6, 6.07) is 5.24.